The first-order valence-electron chi connectivity index (χ1n) is 6.68. The van der Waals surface area contributed by atoms with E-state index in [1.165, 1.54) is 10.4 Å². The second-order valence-electron chi connectivity index (χ2n) is 5.73. The number of fused-ring (bicyclic) bond motifs is 1. The number of hydrogen-bond acceptors (Lipinski definition) is 3. The summed E-state index contributed by atoms with van der Waals surface area (Å²) < 4.78 is 0.265. The molecule has 1 N–H and O–H groups in total. The Morgan fingerprint density at radius 2 is 2.32 bits per heavy atom. The monoisotopic (exact) mass is 298 g/mol. The molecule has 2 rings (SSSR count). The fourth-order valence-electron chi connectivity index (χ4n) is 2.05. The summed E-state index contributed by atoms with van der Waals surface area (Å²) >= 11 is 3.68. The summed E-state index contributed by atoms with van der Waals surface area (Å²) in [5.74, 6) is 0.965. The quantitative estimate of drug-likeness (QED) is 0.868. The van der Waals surface area contributed by atoms with Gasteiger partial charge >= 0.3 is 6.03 Å². The molecular weight excluding hydrogens is 276 g/mol. The van der Waals surface area contributed by atoms with Crippen LogP contribution < -0.4 is 5.32 Å². The third kappa shape index (κ3) is 4.42. The Balaban J connectivity index is 1.73. The Bertz CT molecular complexity index is 437. The largest absolute Gasteiger partial charge is 0.337 e. The highest BCUT2D eigenvalue weighted by atomic mass is 32.2. The van der Waals surface area contributed by atoms with Crippen molar-refractivity contribution in [1.82, 2.24) is 10.2 Å². The molecule has 1 aliphatic heterocycles. The van der Waals surface area contributed by atoms with E-state index in [1.807, 2.05) is 16.7 Å². The zero-order valence-corrected chi connectivity index (χ0v) is 13.5. The summed E-state index contributed by atoms with van der Waals surface area (Å²) in [7, 11) is 0. The molecule has 2 heterocycles. The lowest BCUT2D eigenvalue weighted by Gasteiger charge is -2.27. The minimum absolute atomic E-state index is 0.0753. The highest BCUT2D eigenvalue weighted by Gasteiger charge is 2.21. The molecule has 19 heavy (non-hydrogen) atoms. The first kappa shape index (κ1) is 14.7. The molecule has 3 nitrogen and oxygen atoms in total. The maximum absolute atomic E-state index is 12.1. The normalized spacial score (nSPS) is 15.2. The second-order valence-corrected chi connectivity index (χ2v) is 8.66. The van der Waals surface area contributed by atoms with Gasteiger partial charge in [-0.05, 0) is 23.4 Å². The maximum atomic E-state index is 12.1. The average molecular weight is 298 g/mol. The molecule has 0 saturated carbocycles. The van der Waals surface area contributed by atoms with Gasteiger partial charge in [0.2, 0.25) is 0 Å². The van der Waals surface area contributed by atoms with Gasteiger partial charge in [-0.2, -0.15) is 11.8 Å². The highest BCUT2D eigenvalue weighted by Crippen LogP contribution is 2.24. The van der Waals surface area contributed by atoms with Crippen molar-refractivity contribution >= 4 is 29.1 Å². The molecule has 1 aliphatic rings. The molecule has 0 fully saturated rings. The molecule has 0 aliphatic carbocycles. The number of amides is 2. The summed E-state index contributed by atoms with van der Waals surface area (Å²) in [6.45, 7) is 8.93. The third-order valence-corrected chi connectivity index (χ3v) is 5.31. The van der Waals surface area contributed by atoms with Gasteiger partial charge < -0.3 is 10.2 Å². The van der Waals surface area contributed by atoms with Gasteiger partial charge in [0, 0.05) is 35.0 Å². The number of nitrogens with one attached hydrogen (secondary N) is 1. The van der Waals surface area contributed by atoms with Crippen molar-refractivity contribution in [3.63, 3.8) is 0 Å². The van der Waals surface area contributed by atoms with Gasteiger partial charge in [0.25, 0.3) is 0 Å². The van der Waals surface area contributed by atoms with Gasteiger partial charge in [0.15, 0.2) is 0 Å². The van der Waals surface area contributed by atoms with Crippen LogP contribution in [0.3, 0.4) is 0 Å². The van der Waals surface area contributed by atoms with Crippen molar-refractivity contribution in [3.05, 3.63) is 21.9 Å². The summed E-state index contributed by atoms with van der Waals surface area (Å²) in [5, 5.41) is 5.13. The van der Waals surface area contributed by atoms with Crippen LogP contribution >= 0.6 is 23.1 Å². The number of urea groups is 1. The summed E-state index contributed by atoms with van der Waals surface area (Å²) in [6.07, 6.45) is 0.997. The van der Waals surface area contributed by atoms with Crippen molar-refractivity contribution in [1.29, 1.82) is 0 Å². The van der Waals surface area contributed by atoms with Crippen molar-refractivity contribution in [2.75, 3.05) is 18.8 Å². The van der Waals surface area contributed by atoms with Gasteiger partial charge in [-0.1, -0.05) is 20.8 Å². The van der Waals surface area contributed by atoms with Crippen molar-refractivity contribution in [3.8, 4) is 0 Å². The van der Waals surface area contributed by atoms with Crippen molar-refractivity contribution < 1.29 is 4.79 Å². The van der Waals surface area contributed by atoms with Crippen LogP contribution in [0.5, 0.6) is 0 Å². The summed E-state index contributed by atoms with van der Waals surface area (Å²) in [6, 6.07) is 2.21. The predicted molar refractivity (Wildman–Crippen MR) is 84.0 cm³/mol. The first-order valence-corrected chi connectivity index (χ1v) is 8.54. The van der Waals surface area contributed by atoms with Crippen LogP contribution in [-0.2, 0) is 13.0 Å². The molecule has 0 spiro atoms. The van der Waals surface area contributed by atoms with E-state index in [1.54, 1.807) is 11.3 Å². The van der Waals surface area contributed by atoms with Gasteiger partial charge in [-0.25, -0.2) is 4.79 Å². The van der Waals surface area contributed by atoms with Gasteiger partial charge in [0.1, 0.15) is 0 Å². The molecule has 2 amide bonds. The topological polar surface area (TPSA) is 32.3 Å². The minimum Gasteiger partial charge on any atom is -0.337 e. The van der Waals surface area contributed by atoms with Crippen LogP contribution in [0.2, 0.25) is 0 Å². The lowest BCUT2D eigenvalue weighted by molar-refractivity contribution is 0.193. The van der Waals surface area contributed by atoms with E-state index in [-0.39, 0.29) is 10.8 Å². The van der Waals surface area contributed by atoms with E-state index in [9.17, 15) is 4.79 Å². The number of rotatable bonds is 3. The lowest BCUT2D eigenvalue weighted by atomic mass is 10.1. The third-order valence-electron chi connectivity index (χ3n) is 3.01. The number of hydrogen-bond donors (Lipinski definition) is 1. The smallest absolute Gasteiger partial charge is 0.317 e. The first-order chi connectivity index (χ1) is 8.96. The zero-order chi connectivity index (χ0) is 13.9. The molecule has 0 aromatic carbocycles. The van der Waals surface area contributed by atoms with Gasteiger partial charge in [-0.15, -0.1) is 11.3 Å². The number of carbonyl (C=O) groups excluding carboxylic acids is 1. The zero-order valence-electron chi connectivity index (χ0n) is 11.9. The van der Waals surface area contributed by atoms with Crippen LogP contribution in [-0.4, -0.2) is 34.5 Å². The van der Waals surface area contributed by atoms with E-state index in [0.717, 1.165) is 31.8 Å². The van der Waals surface area contributed by atoms with Crippen molar-refractivity contribution in [2.45, 2.75) is 38.5 Å². The van der Waals surface area contributed by atoms with Crippen molar-refractivity contribution in [2.24, 2.45) is 0 Å². The Hall–Kier alpha value is -0.680. The molecule has 106 valence electrons. The Morgan fingerprint density at radius 1 is 1.53 bits per heavy atom. The van der Waals surface area contributed by atoms with Crippen LogP contribution in [0, 0.1) is 0 Å². The molecule has 0 radical (unpaired) electrons. The summed E-state index contributed by atoms with van der Waals surface area (Å²) in [4.78, 5) is 15.4. The molecular formula is C14H22N2OS2. The van der Waals surface area contributed by atoms with Crippen LogP contribution in [0.4, 0.5) is 4.79 Å². The predicted octanol–water partition coefficient (Wildman–Crippen LogP) is 3.35. The maximum Gasteiger partial charge on any atom is 0.317 e. The highest BCUT2D eigenvalue weighted by molar-refractivity contribution is 8.00. The van der Waals surface area contributed by atoms with E-state index in [2.05, 4.69) is 37.5 Å². The van der Waals surface area contributed by atoms with Gasteiger partial charge in [-0.3, -0.25) is 0 Å². The van der Waals surface area contributed by atoms with Crippen LogP contribution in [0.25, 0.3) is 0 Å². The summed E-state index contributed by atoms with van der Waals surface area (Å²) in [5.41, 5.74) is 1.32. The second kappa shape index (κ2) is 6.18. The van der Waals surface area contributed by atoms with Crippen LogP contribution in [0.15, 0.2) is 11.4 Å². The van der Waals surface area contributed by atoms with E-state index < -0.39 is 0 Å². The number of thioether (sulfide) groups is 1. The fraction of sp³-hybridized carbons (Fsp3) is 0.643. The number of nitrogens with zero attached hydrogens (tertiary/aromatic N) is 1. The molecule has 1 aromatic heterocycles. The van der Waals surface area contributed by atoms with E-state index in [4.69, 9.17) is 0 Å². The standard InChI is InChI=1S/C14H22N2OS2/c1-14(2,3)19-9-6-15-13(17)16-7-4-12-11(10-16)5-8-18-12/h5,8H,4,6-7,9-10H2,1-3H3,(H,15,17). The molecule has 0 saturated heterocycles. The SMILES string of the molecule is CC(C)(C)SCCNC(=O)N1CCc2sccc2C1. The van der Waals surface area contributed by atoms with Gasteiger partial charge in [0.05, 0.1) is 0 Å². The average Bonchev–Trinajstić information content (AvgIpc) is 2.80. The lowest BCUT2D eigenvalue weighted by Crippen LogP contribution is -2.43. The molecule has 0 bridgehead atoms. The van der Waals surface area contributed by atoms with E-state index in [0.29, 0.717) is 0 Å². The number of carbonyl (C=O) groups is 1. The Labute approximate surface area is 123 Å². The molecule has 1 aromatic rings. The van der Waals surface area contributed by atoms with Crippen LogP contribution in [0.1, 0.15) is 31.2 Å². The fourth-order valence-corrected chi connectivity index (χ4v) is 3.75. The number of thiophene rings is 1. The molecule has 0 atom stereocenters. The van der Waals surface area contributed by atoms with E-state index >= 15 is 0 Å². The Morgan fingerprint density at radius 3 is 3.05 bits per heavy atom. The minimum atomic E-state index is 0.0753. The molecule has 0 unspecified atom stereocenters. The Kier molecular flexibility index (Phi) is 4.79. The molecule has 5 heteroatoms.